The highest BCUT2D eigenvalue weighted by Gasteiger charge is 2.31. The lowest BCUT2D eigenvalue weighted by Crippen LogP contribution is -2.35. The molecule has 150 valence electrons. The van der Waals surface area contributed by atoms with Gasteiger partial charge < -0.3 is 14.6 Å². The van der Waals surface area contributed by atoms with Crippen LogP contribution in [0.15, 0.2) is 35.2 Å². The fourth-order valence-electron chi connectivity index (χ4n) is 3.19. The van der Waals surface area contributed by atoms with E-state index in [1.54, 1.807) is 24.3 Å². The van der Waals surface area contributed by atoms with Crippen molar-refractivity contribution in [2.45, 2.75) is 48.8 Å². The maximum Gasteiger partial charge on any atom is 0.335 e. The molecule has 2 N–H and O–H groups in total. The molecule has 0 aromatic heterocycles. The predicted molar refractivity (Wildman–Crippen MR) is 110 cm³/mol. The van der Waals surface area contributed by atoms with Crippen LogP contribution < -0.4 is 9.46 Å². The first-order valence-electron chi connectivity index (χ1n) is 9.29. The smallest absolute Gasteiger partial charge is 0.335 e. The SMILES string of the molecule is N#Cc1cc(NSc2cc(C(=O)O)ccc2C2CC2)c(OC2CC(F)C2)cc1Cl. The van der Waals surface area contributed by atoms with Crippen molar-refractivity contribution in [2.24, 2.45) is 0 Å². The Balaban J connectivity index is 1.59. The van der Waals surface area contributed by atoms with E-state index in [1.165, 1.54) is 11.9 Å². The summed E-state index contributed by atoms with van der Waals surface area (Å²) in [6, 6.07) is 10.3. The fourth-order valence-corrected chi connectivity index (χ4v) is 4.31. The first kappa shape index (κ1) is 19.9. The molecule has 2 aromatic rings. The maximum atomic E-state index is 13.2. The van der Waals surface area contributed by atoms with E-state index in [-0.39, 0.29) is 16.7 Å². The summed E-state index contributed by atoms with van der Waals surface area (Å²) in [6.45, 7) is 0. The molecular weight excluding hydrogens is 415 g/mol. The van der Waals surface area contributed by atoms with Gasteiger partial charge in [-0.1, -0.05) is 17.7 Å². The van der Waals surface area contributed by atoms with Gasteiger partial charge >= 0.3 is 5.97 Å². The monoisotopic (exact) mass is 432 g/mol. The third-order valence-corrected chi connectivity index (χ3v) is 6.28. The number of nitrogens with zero attached hydrogens (tertiary/aromatic N) is 1. The zero-order valence-electron chi connectivity index (χ0n) is 15.3. The summed E-state index contributed by atoms with van der Waals surface area (Å²) >= 11 is 7.42. The maximum absolute atomic E-state index is 13.2. The third-order valence-electron chi connectivity index (χ3n) is 5.07. The first-order valence-corrected chi connectivity index (χ1v) is 10.5. The molecule has 4 rings (SSSR count). The van der Waals surface area contributed by atoms with E-state index >= 15 is 0 Å². The summed E-state index contributed by atoms with van der Waals surface area (Å²) in [4.78, 5) is 12.2. The average Bonchev–Trinajstić information content (AvgIpc) is 3.51. The van der Waals surface area contributed by atoms with E-state index in [1.807, 2.05) is 12.1 Å². The normalized spacial score (nSPS) is 20.4. The van der Waals surface area contributed by atoms with Crippen LogP contribution in [0.1, 0.15) is 53.1 Å². The van der Waals surface area contributed by atoms with Crippen LogP contribution in [-0.4, -0.2) is 23.4 Å². The summed E-state index contributed by atoms with van der Waals surface area (Å²) in [5, 5.41) is 18.9. The molecule has 0 saturated heterocycles. The Hall–Kier alpha value is -2.43. The predicted octanol–water partition coefficient (Wildman–Crippen LogP) is 5.79. The van der Waals surface area contributed by atoms with Gasteiger partial charge in [0, 0.05) is 23.8 Å². The van der Waals surface area contributed by atoms with Gasteiger partial charge in [0.2, 0.25) is 0 Å². The Morgan fingerprint density at radius 2 is 2.07 bits per heavy atom. The Morgan fingerprint density at radius 3 is 2.69 bits per heavy atom. The number of benzene rings is 2. The Kier molecular flexibility index (Phi) is 5.57. The zero-order valence-corrected chi connectivity index (χ0v) is 16.9. The van der Waals surface area contributed by atoms with Crippen molar-refractivity contribution >= 4 is 35.2 Å². The highest BCUT2D eigenvalue weighted by atomic mass is 35.5. The molecular formula is C21H18ClFN2O3S. The van der Waals surface area contributed by atoms with Gasteiger partial charge in [0.05, 0.1) is 21.8 Å². The van der Waals surface area contributed by atoms with Crippen molar-refractivity contribution in [3.05, 3.63) is 52.0 Å². The molecule has 5 nitrogen and oxygen atoms in total. The second kappa shape index (κ2) is 8.13. The number of halogens is 2. The molecule has 2 aliphatic rings. The van der Waals surface area contributed by atoms with Crippen LogP contribution in [0.25, 0.3) is 0 Å². The number of aromatic carboxylic acids is 1. The van der Waals surface area contributed by atoms with Gasteiger partial charge in [0.1, 0.15) is 24.1 Å². The van der Waals surface area contributed by atoms with Crippen molar-refractivity contribution in [3.63, 3.8) is 0 Å². The lowest BCUT2D eigenvalue weighted by atomic mass is 9.93. The molecule has 2 aliphatic carbocycles. The Bertz CT molecular complexity index is 1000. The molecule has 0 radical (unpaired) electrons. The number of hydrogen-bond acceptors (Lipinski definition) is 5. The van der Waals surface area contributed by atoms with Gasteiger partial charge in [-0.15, -0.1) is 0 Å². The minimum Gasteiger partial charge on any atom is -0.488 e. The molecule has 29 heavy (non-hydrogen) atoms. The number of rotatable bonds is 7. The Morgan fingerprint density at radius 1 is 1.31 bits per heavy atom. The number of ether oxygens (including phenoxy) is 1. The second-order valence-electron chi connectivity index (χ2n) is 7.28. The van der Waals surface area contributed by atoms with E-state index in [9.17, 15) is 19.6 Å². The molecule has 0 amide bonds. The zero-order chi connectivity index (χ0) is 20.5. The summed E-state index contributed by atoms with van der Waals surface area (Å²) in [6.07, 6.45) is 1.75. The number of nitrogens with one attached hydrogen (secondary N) is 1. The van der Waals surface area contributed by atoms with Crippen LogP contribution in [0.4, 0.5) is 10.1 Å². The van der Waals surface area contributed by atoms with Crippen molar-refractivity contribution in [2.75, 3.05) is 4.72 Å². The minimum atomic E-state index is -0.984. The molecule has 2 saturated carbocycles. The number of anilines is 1. The molecule has 0 spiro atoms. The van der Waals surface area contributed by atoms with Crippen molar-refractivity contribution in [1.29, 1.82) is 5.26 Å². The molecule has 2 fully saturated rings. The Labute approximate surface area is 177 Å². The third kappa shape index (κ3) is 4.44. The van der Waals surface area contributed by atoms with Crippen molar-refractivity contribution in [3.8, 4) is 11.8 Å². The summed E-state index contributed by atoms with van der Waals surface area (Å²) in [5.74, 6) is -0.0998. The number of hydrogen-bond donors (Lipinski definition) is 2. The van der Waals surface area contributed by atoms with Gasteiger partial charge in [0.25, 0.3) is 0 Å². The quantitative estimate of drug-likeness (QED) is 0.539. The summed E-state index contributed by atoms with van der Waals surface area (Å²) in [7, 11) is 0. The van der Waals surface area contributed by atoms with Crippen molar-refractivity contribution < 1.29 is 19.0 Å². The number of carbonyl (C=O) groups is 1. The van der Waals surface area contributed by atoms with E-state index in [0.717, 1.165) is 23.3 Å². The van der Waals surface area contributed by atoms with Gasteiger partial charge in [-0.25, -0.2) is 9.18 Å². The van der Waals surface area contributed by atoms with Crippen LogP contribution in [0.2, 0.25) is 5.02 Å². The van der Waals surface area contributed by atoms with Gasteiger partial charge in [-0.05, 0) is 54.5 Å². The summed E-state index contributed by atoms with van der Waals surface area (Å²) < 4.78 is 22.2. The molecule has 0 bridgehead atoms. The lowest BCUT2D eigenvalue weighted by molar-refractivity contribution is 0.0415. The molecule has 0 aliphatic heterocycles. The highest BCUT2D eigenvalue weighted by molar-refractivity contribution is 8.00. The molecule has 2 aromatic carbocycles. The molecule has 0 atom stereocenters. The van der Waals surface area contributed by atoms with Gasteiger partial charge in [-0.3, -0.25) is 0 Å². The van der Waals surface area contributed by atoms with Crippen molar-refractivity contribution in [1.82, 2.24) is 0 Å². The number of nitriles is 1. The molecule has 8 heteroatoms. The molecule has 0 unspecified atom stereocenters. The lowest BCUT2D eigenvalue weighted by Gasteiger charge is -2.31. The van der Waals surface area contributed by atoms with Crippen LogP contribution in [0, 0.1) is 11.3 Å². The topological polar surface area (TPSA) is 82.4 Å². The van der Waals surface area contributed by atoms with Crippen LogP contribution >= 0.6 is 23.5 Å². The molecule has 0 heterocycles. The minimum absolute atomic E-state index is 0.215. The van der Waals surface area contributed by atoms with Crippen LogP contribution in [0.3, 0.4) is 0 Å². The van der Waals surface area contributed by atoms with E-state index < -0.39 is 12.1 Å². The first-order chi connectivity index (χ1) is 13.9. The fraction of sp³-hybridized carbons (Fsp3) is 0.333. The van der Waals surface area contributed by atoms with Crippen LogP contribution in [-0.2, 0) is 0 Å². The van der Waals surface area contributed by atoms with Gasteiger partial charge in [0.15, 0.2) is 0 Å². The highest BCUT2D eigenvalue weighted by Crippen LogP contribution is 2.45. The van der Waals surface area contributed by atoms with Gasteiger partial charge in [-0.2, -0.15) is 5.26 Å². The van der Waals surface area contributed by atoms with E-state index in [4.69, 9.17) is 16.3 Å². The summed E-state index contributed by atoms with van der Waals surface area (Å²) in [5.41, 5.74) is 2.15. The second-order valence-corrected chi connectivity index (χ2v) is 8.54. The van der Waals surface area contributed by atoms with Crippen LogP contribution in [0.5, 0.6) is 5.75 Å². The standard InChI is InChI=1S/C21H18ClFN2O3S/c22-17-9-19(28-15-7-14(23)8-15)18(5-13(17)10-24)25-29-20-6-12(21(26)27)3-4-16(20)11-1-2-11/h3-6,9,11,14-15,25H,1-2,7-8H2,(H,26,27). The van der Waals surface area contributed by atoms with E-state index in [2.05, 4.69) is 4.72 Å². The largest absolute Gasteiger partial charge is 0.488 e. The number of carboxylic acid groups (broad SMARTS) is 1. The number of alkyl halides is 1. The number of carboxylic acids is 1. The average molecular weight is 433 g/mol. The van der Waals surface area contributed by atoms with E-state index in [0.29, 0.717) is 35.8 Å².